The lowest BCUT2D eigenvalue weighted by atomic mass is 9.73. The van der Waals surface area contributed by atoms with E-state index >= 15 is 0 Å². The largest absolute Gasteiger partial charge is 0.399 e. The topological polar surface area (TPSA) is 52.0 Å². The lowest BCUT2D eigenvalue weighted by molar-refractivity contribution is 0.742. The van der Waals surface area contributed by atoms with E-state index in [0.29, 0.717) is 5.69 Å². The second kappa shape index (κ2) is 4.00. The fourth-order valence-electron chi connectivity index (χ4n) is 2.53. The van der Waals surface area contributed by atoms with Gasteiger partial charge in [-0.15, -0.1) is 0 Å². The number of fused-ring (bicyclic) bond motifs is 2. The summed E-state index contributed by atoms with van der Waals surface area (Å²) in [6, 6.07) is 5.73. The molecule has 0 saturated heterocycles. The van der Waals surface area contributed by atoms with Gasteiger partial charge in [0.05, 0.1) is 0 Å². The molecule has 0 amide bonds. The van der Waals surface area contributed by atoms with Gasteiger partial charge < -0.3 is 11.5 Å². The molecule has 4 N–H and O–H groups in total. The molecule has 0 aromatic heterocycles. The van der Waals surface area contributed by atoms with E-state index in [1.54, 1.807) is 0 Å². The predicted octanol–water partition coefficient (Wildman–Crippen LogP) is 2.36. The average molecular weight is 272 g/mol. The number of hydrogen-bond donors (Lipinski definition) is 2. The van der Waals surface area contributed by atoms with Crippen LogP contribution in [0.15, 0.2) is 42.1 Å². The van der Waals surface area contributed by atoms with Gasteiger partial charge >= 0.3 is 0 Å². The van der Waals surface area contributed by atoms with Gasteiger partial charge in [-0.3, -0.25) is 0 Å². The lowest BCUT2D eigenvalue weighted by Gasteiger charge is -2.33. The second-order valence-corrected chi connectivity index (χ2v) is 5.49. The number of thiocarbonyl (C=S) groups is 2. The highest BCUT2D eigenvalue weighted by Gasteiger charge is 2.35. The molecule has 1 aromatic rings. The van der Waals surface area contributed by atoms with Crippen LogP contribution >= 0.6 is 24.4 Å². The molecule has 0 bridgehead atoms. The Kier molecular flexibility index (Phi) is 2.57. The molecule has 18 heavy (non-hydrogen) atoms. The van der Waals surface area contributed by atoms with Crippen molar-refractivity contribution < 1.29 is 0 Å². The summed E-state index contributed by atoms with van der Waals surface area (Å²) in [5.41, 5.74) is 15.2. The number of benzene rings is 1. The molecule has 2 nitrogen and oxygen atoms in total. The average Bonchev–Trinajstić information content (AvgIpc) is 2.36. The van der Waals surface area contributed by atoms with Crippen molar-refractivity contribution in [2.24, 2.45) is 17.6 Å². The summed E-state index contributed by atoms with van der Waals surface area (Å²) in [7, 11) is 0. The Hall–Kier alpha value is -1.52. The monoisotopic (exact) mass is 272 g/mol. The van der Waals surface area contributed by atoms with Gasteiger partial charge in [0.15, 0.2) is 0 Å². The first-order valence-corrected chi connectivity index (χ1v) is 6.53. The molecule has 2 aliphatic rings. The van der Waals surface area contributed by atoms with Crippen molar-refractivity contribution in [3.8, 4) is 0 Å². The van der Waals surface area contributed by atoms with Crippen LogP contribution in [0.4, 0.5) is 5.69 Å². The van der Waals surface area contributed by atoms with Crippen LogP contribution < -0.4 is 11.5 Å². The Balaban J connectivity index is 2.19. The number of hydrogen-bond acceptors (Lipinski definition) is 4. The van der Waals surface area contributed by atoms with Crippen LogP contribution in [0, 0.1) is 11.8 Å². The number of anilines is 1. The van der Waals surface area contributed by atoms with Crippen molar-refractivity contribution in [2.45, 2.75) is 0 Å². The maximum atomic E-state index is 5.84. The lowest BCUT2D eigenvalue weighted by Crippen LogP contribution is -2.35. The first-order chi connectivity index (χ1) is 8.58. The van der Waals surface area contributed by atoms with Gasteiger partial charge in [-0.1, -0.05) is 42.7 Å². The van der Waals surface area contributed by atoms with Crippen molar-refractivity contribution in [2.75, 3.05) is 5.73 Å². The minimum Gasteiger partial charge on any atom is -0.399 e. The number of nitrogens with two attached hydrogens (primary N) is 2. The van der Waals surface area contributed by atoms with Crippen LogP contribution in [0.2, 0.25) is 0 Å². The van der Waals surface area contributed by atoms with Crippen molar-refractivity contribution in [3.05, 3.63) is 53.3 Å². The summed E-state index contributed by atoms with van der Waals surface area (Å²) < 4.78 is 0. The molecule has 3 rings (SSSR count). The first kappa shape index (κ1) is 11.6. The molecule has 4 heteroatoms. The van der Waals surface area contributed by atoms with E-state index in [9.17, 15) is 0 Å². The van der Waals surface area contributed by atoms with Crippen LogP contribution in [0.5, 0.6) is 0 Å². The van der Waals surface area contributed by atoms with Crippen LogP contribution in [-0.2, 0) is 0 Å². The molecule has 90 valence electrons. The van der Waals surface area contributed by atoms with Crippen molar-refractivity contribution in [1.29, 1.82) is 0 Å². The Bertz CT molecular complexity index is 629. The summed E-state index contributed by atoms with van der Waals surface area (Å²) in [6.07, 6.45) is 5.94. The van der Waals surface area contributed by atoms with Gasteiger partial charge in [0.1, 0.15) is 0 Å². The predicted molar refractivity (Wildman–Crippen MR) is 82.6 cm³/mol. The molecule has 1 aromatic carbocycles. The zero-order valence-electron chi connectivity index (χ0n) is 9.59. The summed E-state index contributed by atoms with van der Waals surface area (Å²) in [6.45, 7) is 0. The molecule has 0 saturated carbocycles. The summed E-state index contributed by atoms with van der Waals surface area (Å²) in [5, 5.41) is 0. The fraction of sp³-hybridized carbons (Fsp3) is 0.143. The fourth-order valence-corrected chi connectivity index (χ4v) is 3.32. The van der Waals surface area contributed by atoms with Crippen LogP contribution in [0.3, 0.4) is 0 Å². The Labute approximate surface area is 116 Å². The van der Waals surface area contributed by atoms with Crippen molar-refractivity contribution in [1.82, 2.24) is 0 Å². The molecule has 0 radical (unpaired) electrons. The highest BCUT2D eigenvalue weighted by atomic mass is 32.1. The van der Waals surface area contributed by atoms with E-state index in [1.807, 2.05) is 36.4 Å². The van der Waals surface area contributed by atoms with E-state index in [-0.39, 0.29) is 11.8 Å². The molecule has 0 spiro atoms. The Morgan fingerprint density at radius 3 is 2.44 bits per heavy atom. The van der Waals surface area contributed by atoms with Crippen molar-refractivity contribution in [3.63, 3.8) is 0 Å². The van der Waals surface area contributed by atoms with Gasteiger partial charge in [-0.2, -0.15) is 0 Å². The molecule has 0 fully saturated rings. The molecule has 2 aliphatic carbocycles. The quantitative estimate of drug-likeness (QED) is 0.562. The smallest absolute Gasteiger partial charge is 0.0320 e. The molecule has 0 aliphatic heterocycles. The number of nitrogen functional groups attached to an aromatic ring is 1. The van der Waals surface area contributed by atoms with E-state index in [2.05, 4.69) is 0 Å². The first-order valence-electron chi connectivity index (χ1n) is 5.71. The normalized spacial score (nSPS) is 25.4. The molecule has 2 atom stereocenters. The minimum atomic E-state index is 0.105. The SMILES string of the molecule is NC1=CC2C(=S)c3ccc(N)cc3C(=S)C2C=C1. The number of rotatable bonds is 0. The summed E-state index contributed by atoms with van der Waals surface area (Å²) in [5.74, 6) is 0.239. The number of allylic oxidation sites excluding steroid dienone is 3. The highest BCUT2D eigenvalue weighted by Crippen LogP contribution is 2.36. The van der Waals surface area contributed by atoms with Crippen LogP contribution in [0.25, 0.3) is 0 Å². The van der Waals surface area contributed by atoms with Crippen molar-refractivity contribution >= 4 is 39.9 Å². The maximum absolute atomic E-state index is 5.84. The molecular weight excluding hydrogens is 260 g/mol. The molecule has 2 unspecified atom stereocenters. The van der Waals surface area contributed by atoms with E-state index in [1.165, 1.54) is 0 Å². The van der Waals surface area contributed by atoms with Gasteiger partial charge in [-0.25, -0.2) is 0 Å². The third-order valence-electron chi connectivity index (χ3n) is 3.43. The standard InChI is InChI=1S/C14H12N2S2/c15-7-1-3-9-11(5-7)14(18)10-4-2-8(16)6-12(10)13(9)17/h1-6,9,11H,15-16H2. The maximum Gasteiger partial charge on any atom is 0.0320 e. The Morgan fingerprint density at radius 1 is 0.944 bits per heavy atom. The third-order valence-corrected chi connectivity index (χ3v) is 4.42. The highest BCUT2D eigenvalue weighted by molar-refractivity contribution is 7.81. The van der Waals surface area contributed by atoms with Gasteiger partial charge in [0.25, 0.3) is 0 Å². The second-order valence-electron chi connectivity index (χ2n) is 4.61. The van der Waals surface area contributed by atoms with Crippen LogP contribution in [0.1, 0.15) is 11.1 Å². The van der Waals surface area contributed by atoms with Gasteiger partial charge in [0, 0.05) is 32.9 Å². The van der Waals surface area contributed by atoms with Gasteiger partial charge in [0.2, 0.25) is 0 Å². The molecule has 0 heterocycles. The molecular formula is C14H12N2S2. The van der Waals surface area contributed by atoms with E-state index in [0.717, 1.165) is 26.6 Å². The Morgan fingerprint density at radius 2 is 1.67 bits per heavy atom. The minimum absolute atomic E-state index is 0.105. The zero-order valence-corrected chi connectivity index (χ0v) is 11.2. The zero-order chi connectivity index (χ0) is 12.9. The summed E-state index contributed by atoms with van der Waals surface area (Å²) in [4.78, 5) is 1.80. The van der Waals surface area contributed by atoms with Gasteiger partial charge in [-0.05, 0) is 29.3 Å². The summed E-state index contributed by atoms with van der Waals surface area (Å²) >= 11 is 11.1. The van der Waals surface area contributed by atoms with E-state index in [4.69, 9.17) is 35.9 Å². The van der Waals surface area contributed by atoms with E-state index < -0.39 is 0 Å². The van der Waals surface area contributed by atoms with Crippen LogP contribution in [-0.4, -0.2) is 9.73 Å². The third kappa shape index (κ3) is 1.61.